The Morgan fingerprint density at radius 3 is 3.00 bits per heavy atom. The number of likely N-dealkylation sites (N-methyl/N-ethyl adjacent to an activating group) is 1. The van der Waals surface area contributed by atoms with E-state index in [1.54, 1.807) is 17.2 Å². The van der Waals surface area contributed by atoms with Crippen molar-refractivity contribution in [1.29, 1.82) is 0 Å². The molecule has 0 aliphatic carbocycles. The molecule has 6 heteroatoms. The van der Waals surface area contributed by atoms with E-state index in [0.717, 1.165) is 30.8 Å². The maximum Gasteiger partial charge on any atom is 0.237 e. The Bertz CT molecular complexity index is 725. The summed E-state index contributed by atoms with van der Waals surface area (Å²) in [5.41, 5.74) is 1.92. The summed E-state index contributed by atoms with van der Waals surface area (Å²) in [7, 11) is 0. The predicted molar refractivity (Wildman–Crippen MR) is 98.9 cm³/mol. The van der Waals surface area contributed by atoms with Crippen LogP contribution in [0.15, 0.2) is 48.8 Å². The molecule has 1 unspecified atom stereocenters. The largest absolute Gasteiger partial charge is 0.338 e. The van der Waals surface area contributed by atoms with Crippen molar-refractivity contribution < 1.29 is 9.18 Å². The first kappa shape index (κ1) is 18.5. The molecule has 1 atom stereocenters. The molecular formula is C20H25FN4O. The average Bonchev–Trinajstić information content (AvgIpc) is 2.67. The Kier molecular flexibility index (Phi) is 6.30. The number of rotatable bonds is 6. The van der Waals surface area contributed by atoms with Gasteiger partial charge in [0.2, 0.25) is 5.91 Å². The van der Waals surface area contributed by atoms with Crippen molar-refractivity contribution >= 4 is 5.91 Å². The number of hydrogen-bond acceptors (Lipinski definition) is 4. The second-order valence-electron chi connectivity index (χ2n) is 6.51. The van der Waals surface area contributed by atoms with Crippen LogP contribution in [0.4, 0.5) is 4.39 Å². The number of carbonyl (C=O) groups excluding carboxylic acids is 1. The van der Waals surface area contributed by atoms with Gasteiger partial charge in [-0.3, -0.25) is 14.7 Å². The first-order chi connectivity index (χ1) is 12.7. The first-order valence-electron chi connectivity index (χ1n) is 9.04. The Morgan fingerprint density at radius 2 is 2.27 bits per heavy atom. The van der Waals surface area contributed by atoms with Crippen LogP contribution in [0.2, 0.25) is 0 Å². The molecule has 5 nitrogen and oxygen atoms in total. The van der Waals surface area contributed by atoms with Crippen LogP contribution in [0.25, 0.3) is 0 Å². The molecule has 0 spiro atoms. The van der Waals surface area contributed by atoms with Crippen LogP contribution in [0.3, 0.4) is 0 Å². The number of carbonyl (C=O) groups is 1. The van der Waals surface area contributed by atoms with Crippen LogP contribution >= 0.6 is 0 Å². The van der Waals surface area contributed by atoms with Crippen molar-refractivity contribution in [2.45, 2.75) is 19.5 Å². The molecular weight excluding hydrogens is 331 g/mol. The highest BCUT2D eigenvalue weighted by Crippen LogP contribution is 2.21. The van der Waals surface area contributed by atoms with Crippen LogP contribution in [-0.2, 0) is 11.3 Å². The van der Waals surface area contributed by atoms with Gasteiger partial charge in [0.25, 0.3) is 0 Å². The van der Waals surface area contributed by atoms with Crippen LogP contribution in [0.1, 0.15) is 24.1 Å². The van der Waals surface area contributed by atoms with E-state index in [9.17, 15) is 9.18 Å². The van der Waals surface area contributed by atoms with Gasteiger partial charge in [0.05, 0.1) is 6.54 Å². The second-order valence-corrected chi connectivity index (χ2v) is 6.51. The Morgan fingerprint density at radius 1 is 1.38 bits per heavy atom. The van der Waals surface area contributed by atoms with E-state index in [1.165, 1.54) is 12.1 Å². The van der Waals surface area contributed by atoms with E-state index in [2.05, 4.69) is 15.2 Å². The van der Waals surface area contributed by atoms with Gasteiger partial charge in [0.1, 0.15) is 5.82 Å². The maximum absolute atomic E-state index is 13.4. The molecule has 1 aliphatic rings. The maximum atomic E-state index is 13.4. The molecule has 1 aromatic heterocycles. The number of amides is 1. The molecule has 26 heavy (non-hydrogen) atoms. The minimum absolute atomic E-state index is 0.0625. The molecule has 1 amide bonds. The fourth-order valence-corrected chi connectivity index (χ4v) is 3.34. The number of benzene rings is 1. The zero-order valence-electron chi connectivity index (χ0n) is 15.1. The lowest BCUT2D eigenvalue weighted by Crippen LogP contribution is -2.50. The van der Waals surface area contributed by atoms with E-state index in [4.69, 9.17) is 0 Å². The van der Waals surface area contributed by atoms with Gasteiger partial charge < -0.3 is 10.2 Å². The zero-order chi connectivity index (χ0) is 18.4. The van der Waals surface area contributed by atoms with Gasteiger partial charge in [-0.2, -0.15) is 0 Å². The third-order valence-corrected chi connectivity index (χ3v) is 4.76. The predicted octanol–water partition coefficient (Wildman–Crippen LogP) is 2.22. The molecule has 1 fully saturated rings. The van der Waals surface area contributed by atoms with Crippen LogP contribution < -0.4 is 5.32 Å². The summed E-state index contributed by atoms with van der Waals surface area (Å²) in [5, 5.41) is 3.39. The van der Waals surface area contributed by atoms with Gasteiger partial charge >= 0.3 is 0 Å². The van der Waals surface area contributed by atoms with Crippen molar-refractivity contribution in [3.8, 4) is 0 Å². The normalized spacial score (nSPS) is 17.8. The standard InChI is InChI=1S/C20H25FN4O/c1-2-24(14-16-5-3-7-18(21)11-16)20(26)15-25-10-9-23-13-19(25)17-6-4-8-22-12-17/h3-8,11-12,19,23H,2,9-10,13-15H2,1H3. The van der Waals surface area contributed by atoms with Crippen molar-refractivity contribution in [3.63, 3.8) is 0 Å². The SMILES string of the molecule is CCN(Cc1cccc(F)c1)C(=O)CN1CCNCC1c1cccnc1. The molecule has 3 rings (SSSR count). The van der Waals surface area contributed by atoms with Gasteiger partial charge in [-0.1, -0.05) is 18.2 Å². The minimum Gasteiger partial charge on any atom is -0.338 e. The monoisotopic (exact) mass is 356 g/mol. The van der Waals surface area contributed by atoms with E-state index in [-0.39, 0.29) is 17.8 Å². The lowest BCUT2D eigenvalue weighted by Gasteiger charge is -2.37. The minimum atomic E-state index is -0.273. The summed E-state index contributed by atoms with van der Waals surface area (Å²) < 4.78 is 13.4. The molecule has 1 N–H and O–H groups in total. The fraction of sp³-hybridized carbons (Fsp3) is 0.400. The molecule has 1 saturated heterocycles. The average molecular weight is 356 g/mol. The summed E-state index contributed by atoms with van der Waals surface area (Å²) in [5.74, 6) is -0.211. The van der Waals surface area contributed by atoms with E-state index < -0.39 is 0 Å². The van der Waals surface area contributed by atoms with Gasteiger partial charge in [-0.05, 0) is 36.2 Å². The fourth-order valence-electron chi connectivity index (χ4n) is 3.34. The number of nitrogens with one attached hydrogen (secondary N) is 1. The topological polar surface area (TPSA) is 48.5 Å². The summed E-state index contributed by atoms with van der Waals surface area (Å²) in [6.45, 7) is 5.80. The summed E-state index contributed by atoms with van der Waals surface area (Å²) in [4.78, 5) is 21.0. The third kappa shape index (κ3) is 4.65. The number of aromatic nitrogens is 1. The van der Waals surface area contributed by atoms with Crippen LogP contribution in [0.5, 0.6) is 0 Å². The Labute approximate surface area is 153 Å². The zero-order valence-corrected chi connectivity index (χ0v) is 15.1. The molecule has 2 heterocycles. The molecule has 2 aromatic rings. The molecule has 0 saturated carbocycles. The highest BCUT2D eigenvalue weighted by Gasteiger charge is 2.27. The summed E-state index contributed by atoms with van der Waals surface area (Å²) in [6, 6.07) is 10.5. The Hall–Kier alpha value is -2.31. The van der Waals surface area contributed by atoms with Crippen LogP contribution in [0, 0.1) is 5.82 Å². The van der Waals surface area contributed by atoms with Crippen LogP contribution in [-0.4, -0.2) is 53.4 Å². The second kappa shape index (κ2) is 8.87. The molecule has 0 bridgehead atoms. The number of hydrogen-bond donors (Lipinski definition) is 1. The van der Waals surface area contributed by atoms with Gasteiger partial charge in [0, 0.05) is 51.2 Å². The number of piperazine rings is 1. The quantitative estimate of drug-likeness (QED) is 0.862. The summed E-state index contributed by atoms with van der Waals surface area (Å²) in [6.07, 6.45) is 3.62. The lowest BCUT2D eigenvalue weighted by molar-refractivity contribution is -0.133. The Balaban J connectivity index is 1.67. The smallest absolute Gasteiger partial charge is 0.237 e. The molecule has 1 aromatic carbocycles. The summed E-state index contributed by atoms with van der Waals surface area (Å²) >= 11 is 0. The van der Waals surface area contributed by atoms with Crippen molar-refractivity contribution in [2.75, 3.05) is 32.7 Å². The van der Waals surface area contributed by atoms with E-state index in [0.29, 0.717) is 19.6 Å². The van der Waals surface area contributed by atoms with Gasteiger partial charge in [-0.25, -0.2) is 4.39 Å². The van der Waals surface area contributed by atoms with Crippen molar-refractivity contribution in [2.24, 2.45) is 0 Å². The highest BCUT2D eigenvalue weighted by molar-refractivity contribution is 5.78. The highest BCUT2D eigenvalue weighted by atomic mass is 19.1. The molecule has 1 aliphatic heterocycles. The van der Waals surface area contributed by atoms with Gasteiger partial charge in [0.15, 0.2) is 0 Å². The number of pyridine rings is 1. The van der Waals surface area contributed by atoms with E-state index in [1.807, 2.05) is 31.3 Å². The first-order valence-corrected chi connectivity index (χ1v) is 9.04. The van der Waals surface area contributed by atoms with Crippen molar-refractivity contribution in [1.82, 2.24) is 20.1 Å². The number of nitrogens with zero attached hydrogens (tertiary/aromatic N) is 3. The third-order valence-electron chi connectivity index (χ3n) is 4.76. The van der Waals surface area contributed by atoms with Crippen molar-refractivity contribution in [3.05, 3.63) is 65.7 Å². The lowest BCUT2D eigenvalue weighted by atomic mass is 10.1. The molecule has 0 radical (unpaired) electrons. The molecule has 138 valence electrons. The van der Waals surface area contributed by atoms with Gasteiger partial charge in [-0.15, -0.1) is 0 Å². The van der Waals surface area contributed by atoms with E-state index >= 15 is 0 Å². The number of halogens is 1.